The number of carbonyl (C=O) groups excluding carboxylic acids is 1. The van der Waals surface area contributed by atoms with Crippen LogP contribution in [0, 0.1) is 0 Å². The molecule has 0 bridgehead atoms. The molecule has 0 radical (unpaired) electrons. The van der Waals surface area contributed by atoms with Crippen molar-refractivity contribution < 1.29 is 14.3 Å². The molecule has 1 N–H and O–H groups in total. The summed E-state index contributed by atoms with van der Waals surface area (Å²) in [5.74, 6) is 0.556. The number of carbonyl (C=O) groups is 1. The van der Waals surface area contributed by atoms with E-state index in [9.17, 15) is 4.79 Å². The van der Waals surface area contributed by atoms with Crippen molar-refractivity contribution in [1.29, 1.82) is 0 Å². The predicted molar refractivity (Wildman–Crippen MR) is 91.9 cm³/mol. The van der Waals surface area contributed by atoms with Crippen LogP contribution in [0.4, 0.5) is 5.69 Å². The Labute approximate surface area is 137 Å². The van der Waals surface area contributed by atoms with Gasteiger partial charge in [-0.3, -0.25) is 9.78 Å². The largest absolute Gasteiger partial charge is 0.492 e. The van der Waals surface area contributed by atoms with Gasteiger partial charge in [-0.25, -0.2) is 0 Å². The first-order valence-corrected chi connectivity index (χ1v) is 8.01. The zero-order valence-electron chi connectivity index (χ0n) is 14.2. The van der Waals surface area contributed by atoms with Crippen LogP contribution in [0.1, 0.15) is 34.1 Å². The molecule has 1 aromatic carbocycles. The molecule has 1 unspecified atom stereocenters. The van der Waals surface area contributed by atoms with E-state index < -0.39 is 5.60 Å². The topological polar surface area (TPSA) is 60.5 Å². The first kappa shape index (κ1) is 17.2. The summed E-state index contributed by atoms with van der Waals surface area (Å²) in [6.45, 7) is 8.61. The van der Waals surface area contributed by atoms with Gasteiger partial charge in [0.25, 0.3) is 5.91 Å². The Hall–Kier alpha value is -2.14. The van der Waals surface area contributed by atoms with Crippen molar-refractivity contribution in [2.45, 2.75) is 39.7 Å². The number of amides is 1. The number of hydrogen-bond acceptors (Lipinski definition) is 4. The van der Waals surface area contributed by atoms with Crippen LogP contribution in [-0.4, -0.2) is 29.7 Å². The molecular weight excluding hydrogens is 292 g/mol. The van der Waals surface area contributed by atoms with Gasteiger partial charge in [-0.05, 0) is 51.5 Å². The normalized spacial score (nSPS) is 13.6. The third kappa shape index (κ3) is 3.62. The number of nitrogens with zero attached hydrogens (tertiary/aromatic N) is 1. The number of fused-ring (bicyclic) bond motifs is 1. The molecule has 0 saturated carbocycles. The molecule has 5 heteroatoms. The van der Waals surface area contributed by atoms with Crippen molar-refractivity contribution in [2.75, 3.05) is 18.5 Å². The Kier molecular flexibility index (Phi) is 5.55. The smallest absolute Gasteiger partial charge is 0.256 e. The molecule has 1 atom stereocenters. The number of aromatic nitrogens is 1. The van der Waals surface area contributed by atoms with Crippen molar-refractivity contribution in [3.63, 3.8) is 0 Å². The van der Waals surface area contributed by atoms with Crippen LogP contribution >= 0.6 is 0 Å². The predicted octanol–water partition coefficient (Wildman–Crippen LogP) is 3.78. The van der Waals surface area contributed by atoms with E-state index in [-0.39, 0.29) is 5.91 Å². The summed E-state index contributed by atoms with van der Waals surface area (Å²) in [6, 6.07) is 7.44. The van der Waals surface area contributed by atoms with Gasteiger partial charge in [-0.2, -0.15) is 0 Å². The van der Waals surface area contributed by atoms with Gasteiger partial charge in [-0.15, -0.1) is 0 Å². The molecule has 0 aliphatic rings. The Morgan fingerprint density at radius 3 is 2.65 bits per heavy atom. The fourth-order valence-corrected chi connectivity index (χ4v) is 2.43. The van der Waals surface area contributed by atoms with E-state index in [0.29, 0.717) is 31.1 Å². The number of benzene rings is 1. The van der Waals surface area contributed by atoms with Gasteiger partial charge in [0.2, 0.25) is 0 Å². The minimum Gasteiger partial charge on any atom is -0.492 e. The van der Waals surface area contributed by atoms with Gasteiger partial charge in [-0.1, -0.05) is 6.92 Å². The van der Waals surface area contributed by atoms with Gasteiger partial charge in [0, 0.05) is 18.2 Å². The molecule has 124 valence electrons. The van der Waals surface area contributed by atoms with E-state index in [1.807, 2.05) is 45.0 Å². The third-order valence-electron chi connectivity index (χ3n) is 3.90. The average molecular weight is 316 g/mol. The molecule has 2 rings (SSSR count). The number of anilines is 1. The first-order valence-electron chi connectivity index (χ1n) is 8.01. The van der Waals surface area contributed by atoms with Crippen LogP contribution in [0.3, 0.4) is 0 Å². The maximum absolute atomic E-state index is 12.6. The second-order valence-electron chi connectivity index (χ2n) is 5.42. The van der Waals surface area contributed by atoms with Crippen molar-refractivity contribution in [3.05, 3.63) is 30.5 Å². The number of pyridine rings is 1. The van der Waals surface area contributed by atoms with Crippen LogP contribution in [0.2, 0.25) is 0 Å². The van der Waals surface area contributed by atoms with Crippen LogP contribution in [0.25, 0.3) is 10.9 Å². The lowest BCUT2D eigenvalue weighted by Gasteiger charge is -2.27. The highest BCUT2D eigenvalue weighted by Gasteiger charge is 2.32. The highest BCUT2D eigenvalue weighted by molar-refractivity contribution is 6.05. The Balaban J connectivity index is 2.37. The summed E-state index contributed by atoms with van der Waals surface area (Å²) in [4.78, 5) is 17.0. The fourth-order valence-electron chi connectivity index (χ4n) is 2.43. The molecular formula is C18H24N2O3. The van der Waals surface area contributed by atoms with E-state index in [1.165, 1.54) is 0 Å². The van der Waals surface area contributed by atoms with E-state index in [1.54, 1.807) is 13.1 Å². The zero-order chi connectivity index (χ0) is 16.9. The van der Waals surface area contributed by atoms with E-state index in [0.717, 1.165) is 10.9 Å². The number of nitrogens with one attached hydrogen (secondary N) is 1. The van der Waals surface area contributed by atoms with Gasteiger partial charge < -0.3 is 14.8 Å². The SMILES string of the molecule is CCOc1ccc(NC(=O)C(C)(CC)OCC)c2cccnc12. The molecule has 1 aromatic heterocycles. The van der Waals surface area contributed by atoms with Crippen molar-refractivity contribution >= 4 is 22.5 Å². The summed E-state index contributed by atoms with van der Waals surface area (Å²) in [6.07, 6.45) is 2.31. The van der Waals surface area contributed by atoms with E-state index in [2.05, 4.69) is 10.3 Å². The monoisotopic (exact) mass is 316 g/mol. The maximum Gasteiger partial charge on any atom is 0.256 e. The average Bonchev–Trinajstić information content (AvgIpc) is 2.57. The van der Waals surface area contributed by atoms with Gasteiger partial charge in [0.05, 0.1) is 12.3 Å². The molecule has 23 heavy (non-hydrogen) atoms. The summed E-state index contributed by atoms with van der Waals surface area (Å²) in [7, 11) is 0. The van der Waals surface area contributed by atoms with Crippen LogP contribution in [0.15, 0.2) is 30.5 Å². The standard InChI is InChI=1S/C18H24N2O3/c1-5-18(4,23-7-3)17(21)20-14-10-11-15(22-6-2)16-13(14)9-8-12-19-16/h8-12H,5-7H2,1-4H3,(H,20,21). The lowest BCUT2D eigenvalue weighted by atomic mass is 10.0. The number of rotatable bonds is 7. The first-order chi connectivity index (χ1) is 11.1. The van der Waals surface area contributed by atoms with Crippen LogP contribution in [0.5, 0.6) is 5.75 Å². The molecule has 1 amide bonds. The Bertz CT molecular complexity index is 687. The summed E-state index contributed by atoms with van der Waals surface area (Å²) >= 11 is 0. The molecule has 0 saturated heterocycles. The molecule has 0 aliphatic heterocycles. The maximum atomic E-state index is 12.6. The van der Waals surface area contributed by atoms with Crippen LogP contribution in [-0.2, 0) is 9.53 Å². The lowest BCUT2D eigenvalue weighted by molar-refractivity contribution is -0.139. The summed E-state index contributed by atoms with van der Waals surface area (Å²) < 4.78 is 11.2. The highest BCUT2D eigenvalue weighted by atomic mass is 16.5. The number of hydrogen-bond donors (Lipinski definition) is 1. The second kappa shape index (κ2) is 7.42. The summed E-state index contributed by atoms with van der Waals surface area (Å²) in [5.41, 5.74) is 0.602. The van der Waals surface area contributed by atoms with Crippen LogP contribution < -0.4 is 10.1 Å². The Morgan fingerprint density at radius 2 is 2.00 bits per heavy atom. The minimum atomic E-state index is -0.845. The molecule has 0 spiro atoms. The van der Waals surface area contributed by atoms with Crippen molar-refractivity contribution in [2.24, 2.45) is 0 Å². The molecule has 0 fully saturated rings. The van der Waals surface area contributed by atoms with Crippen molar-refractivity contribution in [3.8, 4) is 5.75 Å². The number of ether oxygens (including phenoxy) is 2. The minimum absolute atomic E-state index is 0.156. The van der Waals surface area contributed by atoms with E-state index >= 15 is 0 Å². The van der Waals surface area contributed by atoms with Gasteiger partial charge in [0.15, 0.2) is 0 Å². The quantitative estimate of drug-likeness (QED) is 0.844. The fraction of sp³-hybridized carbons (Fsp3) is 0.444. The summed E-state index contributed by atoms with van der Waals surface area (Å²) in [5, 5.41) is 3.82. The molecule has 0 aliphatic carbocycles. The van der Waals surface area contributed by atoms with E-state index in [4.69, 9.17) is 9.47 Å². The van der Waals surface area contributed by atoms with Gasteiger partial charge >= 0.3 is 0 Å². The molecule has 2 aromatic rings. The highest BCUT2D eigenvalue weighted by Crippen LogP contribution is 2.31. The molecule has 1 heterocycles. The third-order valence-corrected chi connectivity index (χ3v) is 3.90. The zero-order valence-corrected chi connectivity index (χ0v) is 14.2. The Morgan fingerprint density at radius 1 is 1.22 bits per heavy atom. The second-order valence-corrected chi connectivity index (χ2v) is 5.42. The molecule has 5 nitrogen and oxygen atoms in total. The van der Waals surface area contributed by atoms with Crippen molar-refractivity contribution in [1.82, 2.24) is 4.98 Å². The van der Waals surface area contributed by atoms with Gasteiger partial charge in [0.1, 0.15) is 16.9 Å². The lowest BCUT2D eigenvalue weighted by Crippen LogP contribution is -2.42.